The van der Waals surface area contributed by atoms with E-state index < -0.39 is 0 Å². The molecule has 2 heterocycles. The second kappa shape index (κ2) is 6.04. The number of fused-ring (bicyclic) bond motifs is 2. The summed E-state index contributed by atoms with van der Waals surface area (Å²) in [5, 5.41) is 0.651. The molecule has 2 aromatic carbocycles. The summed E-state index contributed by atoms with van der Waals surface area (Å²) in [5.74, 6) is 0.272. The standard InChI is InChI=1S/C20H16ClN3O2/c1-24(2)12-8-6-11(7-9-12)13-10-16-18(23-20(13)22)19(25)17-14(21)4-3-5-15(17)26-16/h3-10H,1-2H3,(H2,22,23). The van der Waals surface area contributed by atoms with Gasteiger partial charge in [-0.1, -0.05) is 29.8 Å². The highest BCUT2D eigenvalue weighted by Crippen LogP contribution is 2.31. The summed E-state index contributed by atoms with van der Waals surface area (Å²) >= 11 is 6.15. The number of aromatic nitrogens is 1. The normalized spacial score (nSPS) is 11.2. The van der Waals surface area contributed by atoms with Crippen LogP contribution in [0, 0.1) is 0 Å². The molecule has 0 saturated carbocycles. The quantitative estimate of drug-likeness (QED) is 0.536. The smallest absolute Gasteiger partial charge is 0.220 e. The SMILES string of the molecule is CN(C)c1ccc(-c2cc3oc4cccc(Cl)c4c(=O)c3nc2N)cc1. The molecule has 0 amide bonds. The first-order valence-corrected chi connectivity index (χ1v) is 8.43. The van der Waals surface area contributed by atoms with E-state index >= 15 is 0 Å². The summed E-state index contributed by atoms with van der Waals surface area (Å²) in [6.07, 6.45) is 0. The highest BCUT2D eigenvalue weighted by molar-refractivity contribution is 6.35. The molecular weight excluding hydrogens is 350 g/mol. The van der Waals surface area contributed by atoms with E-state index in [0.717, 1.165) is 11.3 Å². The van der Waals surface area contributed by atoms with Gasteiger partial charge >= 0.3 is 0 Å². The third kappa shape index (κ3) is 2.57. The molecule has 6 heteroatoms. The number of nitrogens with zero attached hydrogens (tertiary/aromatic N) is 2. The first-order chi connectivity index (χ1) is 12.5. The van der Waals surface area contributed by atoms with Crippen molar-refractivity contribution in [3.63, 3.8) is 0 Å². The predicted molar refractivity (Wildman–Crippen MR) is 107 cm³/mol. The van der Waals surface area contributed by atoms with Gasteiger partial charge in [-0.25, -0.2) is 4.98 Å². The lowest BCUT2D eigenvalue weighted by Gasteiger charge is -2.13. The van der Waals surface area contributed by atoms with Crippen molar-refractivity contribution in [3.8, 4) is 11.1 Å². The van der Waals surface area contributed by atoms with Gasteiger partial charge in [-0.05, 0) is 35.9 Å². The van der Waals surface area contributed by atoms with Crippen LogP contribution in [0.1, 0.15) is 0 Å². The Morgan fingerprint density at radius 1 is 1.08 bits per heavy atom. The van der Waals surface area contributed by atoms with E-state index in [-0.39, 0.29) is 16.8 Å². The first-order valence-electron chi connectivity index (χ1n) is 8.05. The number of hydrogen-bond donors (Lipinski definition) is 1. The minimum atomic E-state index is -0.284. The molecule has 0 aliphatic rings. The molecule has 0 spiro atoms. The Kier molecular flexibility index (Phi) is 3.81. The molecule has 0 saturated heterocycles. The monoisotopic (exact) mass is 365 g/mol. The third-order valence-corrected chi connectivity index (χ3v) is 4.66. The zero-order valence-electron chi connectivity index (χ0n) is 14.3. The van der Waals surface area contributed by atoms with Crippen molar-refractivity contribution in [2.75, 3.05) is 24.7 Å². The molecule has 4 rings (SSSR count). The van der Waals surface area contributed by atoms with Gasteiger partial charge in [0.05, 0.1) is 10.4 Å². The fourth-order valence-electron chi connectivity index (χ4n) is 2.97. The van der Waals surface area contributed by atoms with Gasteiger partial charge in [0.1, 0.15) is 11.4 Å². The van der Waals surface area contributed by atoms with Crippen LogP contribution in [0.2, 0.25) is 5.02 Å². The van der Waals surface area contributed by atoms with Gasteiger partial charge in [-0.2, -0.15) is 0 Å². The van der Waals surface area contributed by atoms with Crippen molar-refractivity contribution in [3.05, 3.63) is 63.8 Å². The Labute approximate surface area is 154 Å². The van der Waals surface area contributed by atoms with Crippen molar-refractivity contribution in [2.45, 2.75) is 0 Å². The lowest BCUT2D eigenvalue weighted by Crippen LogP contribution is -2.08. The Balaban J connectivity index is 1.96. The second-order valence-electron chi connectivity index (χ2n) is 6.25. The highest BCUT2D eigenvalue weighted by Gasteiger charge is 2.15. The minimum absolute atomic E-state index is 0.178. The summed E-state index contributed by atoms with van der Waals surface area (Å²) in [7, 11) is 3.96. The lowest BCUT2D eigenvalue weighted by atomic mass is 10.0. The summed E-state index contributed by atoms with van der Waals surface area (Å²) in [4.78, 5) is 19.1. The number of rotatable bonds is 2. The van der Waals surface area contributed by atoms with Crippen LogP contribution in [0.15, 0.2) is 57.7 Å². The van der Waals surface area contributed by atoms with Crippen LogP contribution in [-0.4, -0.2) is 19.1 Å². The summed E-state index contributed by atoms with van der Waals surface area (Å²) in [5.41, 5.74) is 9.52. The van der Waals surface area contributed by atoms with Gasteiger partial charge < -0.3 is 15.1 Å². The molecule has 2 aromatic heterocycles. The number of nitrogen functional groups attached to an aromatic ring is 1. The van der Waals surface area contributed by atoms with Crippen molar-refractivity contribution in [1.82, 2.24) is 4.98 Å². The third-order valence-electron chi connectivity index (χ3n) is 4.35. The van der Waals surface area contributed by atoms with Gasteiger partial charge in [0, 0.05) is 25.3 Å². The molecule has 5 nitrogen and oxygen atoms in total. The van der Waals surface area contributed by atoms with Crippen molar-refractivity contribution >= 4 is 45.2 Å². The zero-order chi connectivity index (χ0) is 18.4. The summed E-state index contributed by atoms with van der Waals surface area (Å²) in [6.45, 7) is 0. The van der Waals surface area contributed by atoms with E-state index in [4.69, 9.17) is 21.8 Å². The molecule has 130 valence electrons. The van der Waals surface area contributed by atoms with E-state index in [2.05, 4.69) is 4.98 Å². The number of hydrogen-bond acceptors (Lipinski definition) is 5. The maximum atomic E-state index is 12.8. The average molecular weight is 366 g/mol. The molecule has 26 heavy (non-hydrogen) atoms. The molecule has 0 bridgehead atoms. The minimum Gasteiger partial charge on any atom is -0.454 e. The largest absolute Gasteiger partial charge is 0.454 e. The van der Waals surface area contributed by atoms with E-state index in [0.29, 0.717) is 27.1 Å². The van der Waals surface area contributed by atoms with Gasteiger partial charge in [-0.15, -0.1) is 0 Å². The van der Waals surface area contributed by atoms with Gasteiger partial charge in [0.15, 0.2) is 11.1 Å². The van der Waals surface area contributed by atoms with Crippen LogP contribution >= 0.6 is 11.6 Å². The predicted octanol–water partition coefficient (Wildman–Crippen LogP) is 4.31. The molecular formula is C20H16ClN3O2. The van der Waals surface area contributed by atoms with Gasteiger partial charge in [-0.3, -0.25) is 4.79 Å². The molecule has 0 radical (unpaired) electrons. The van der Waals surface area contributed by atoms with Crippen LogP contribution in [0.25, 0.3) is 33.2 Å². The number of benzene rings is 2. The lowest BCUT2D eigenvalue weighted by molar-refractivity contribution is 0.658. The number of pyridine rings is 1. The first kappa shape index (κ1) is 16.4. The van der Waals surface area contributed by atoms with Crippen molar-refractivity contribution in [1.29, 1.82) is 0 Å². The van der Waals surface area contributed by atoms with Crippen LogP contribution in [0.4, 0.5) is 11.5 Å². The van der Waals surface area contributed by atoms with Crippen LogP contribution < -0.4 is 16.1 Å². The second-order valence-corrected chi connectivity index (χ2v) is 6.66. The van der Waals surface area contributed by atoms with Crippen LogP contribution in [-0.2, 0) is 0 Å². The molecule has 2 N–H and O–H groups in total. The Bertz CT molecular complexity index is 1200. The van der Waals surface area contributed by atoms with Gasteiger partial charge in [0.2, 0.25) is 5.43 Å². The molecule has 0 unspecified atom stereocenters. The zero-order valence-corrected chi connectivity index (χ0v) is 15.0. The van der Waals surface area contributed by atoms with Crippen LogP contribution in [0.5, 0.6) is 0 Å². The van der Waals surface area contributed by atoms with E-state index in [9.17, 15) is 4.79 Å². The molecule has 0 fully saturated rings. The molecule has 0 aliphatic heterocycles. The Hall–Kier alpha value is -3.05. The number of anilines is 2. The molecule has 0 atom stereocenters. The fraction of sp³-hybridized carbons (Fsp3) is 0.100. The maximum absolute atomic E-state index is 12.8. The van der Waals surface area contributed by atoms with Crippen molar-refractivity contribution < 1.29 is 4.42 Å². The number of halogens is 1. The van der Waals surface area contributed by atoms with E-state index in [1.54, 1.807) is 24.3 Å². The fourth-order valence-corrected chi connectivity index (χ4v) is 3.22. The summed E-state index contributed by atoms with van der Waals surface area (Å²) in [6, 6.07) is 14.8. The summed E-state index contributed by atoms with van der Waals surface area (Å²) < 4.78 is 5.88. The number of nitrogens with two attached hydrogens (primary N) is 1. The Morgan fingerprint density at radius 3 is 2.50 bits per heavy atom. The van der Waals surface area contributed by atoms with E-state index in [1.165, 1.54) is 0 Å². The molecule has 0 aliphatic carbocycles. The topological polar surface area (TPSA) is 72.4 Å². The van der Waals surface area contributed by atoms with Gasteiger partial charge in [0.25, 0.3) is 0 Å². The van der Waals surface area contributed by atoms with Crippen molar-refractivity contribution in [2.24, 2.45) is 0 Å². The highest BCUT2D eigenvalue weighted by atomic mass is 35.5. The van der Waals surface area contributed by atoms with E-state index in [1.807, 2.05) is 43.3 Å². The van der Waals surface area contributed by atoms with Crippen LogP contribution in [0.3, 0.4) is 0 Å². The maximum Gasteiger partial charge on any atom is 0.220 e. The Morgan fingerprint density at radius 2 is 1.81 bits per heavy atom. The molecule has 4 aromatic rings. The average Bonchev–Trinajstić information content (AvgIpc) is 2.62.